The number of aliphatic hydroxyl groups excluding tert-OH is 1. The summed E-state index contributed by atoms with van der Waals surface area (Å²) in [7, 11) is 0. The predicted octanol–water partition coefficient (Wildman–Crippen LogP) is 2.33. The van der Waals surface area contributed by atoms with E-state index in [-0.39, 0.29) is 0 Å². The van der Waals surface area contributed by atoms with Gasteiger partial charge in [-0.2, -0.15) is 5.10 Å². The van der Waals surface area contributed by atoms with E-state index in [1.54, 1.807) is 17.5 Å². The zero-order valence-electron chi connectivity index (χ0n) is 10.1. The Morgan fingerprint density at radius 2 is 2.35 bits per heavy atom. The normalized spacial score (nSPS) is 12.9. The van der Waals surface area contributed by atoms with Gasteiger partial charge in [-0.15, -0.1) is 11.3 Å². The minimum atomic E-state index is -0.508. The molecule has 92 valence electrons. The maximum Gasteiger partial charge on any atom is 0.0957 e. The molecule has 2 rings (SSSR count). The lowest BCUT2D eigenvalue weighted by molar-refractivity contribution is 0.178. The second-order valence-corrected chi connectivity index (χ2v) is 5.08. The first-order valence-corrected chi connectivity index (χ1v) is 6.68. The Labute approximate surface area is 105 Å². The minimum Gasteiger partial charge on any atom is -0.388 e. The van der Waals surface area contributed by atoms with Crippen LogP contribution in [0.15, 0.2) is 17.8 Å². The number of aliphatic hydroxyl groups is 1. The van der Waals surface area contributed by atoms with E-state index >= 15 is 0 Å². The van der Waals surface area contributed by atoms with E-state index in [2.05, 4.69) is 17.0 Å². The van der Waals surface area contributed by atoms with E-state index in [4.69, 9.17) is 0 Å². The Hall–Kier alpha value is -1.20. The summed E-state index contributed by atoms with van der Waals surface area (Å²) in [5.74, 6) is 0. The molecule has 0 bridgehead atoms. The number of nitrogens with zero attached hydrogens (tertiary/aromatic N) is 3. The van der Waals surface area contributed by atoms with E-state index in [1.807, 2.05) is 23.2 Å². The molecule has 0 amide bonds. The van der Waals surface area contributed by atoms with Crippen molar-refractivity contribution in [2.75, 3.05) is 0 Å². The highest BCUT2D eigenvalue weighted by atomic mass is 32.1. The molecule has 0 saturated heterocycles. The monoisotopic (exact) mass is 251 g/mol. The SMILES string of the molecule is CCCn1cc(C(O)Cc2nc(C)cs2)cn1. The van der Waals surface area contributed by atoms with Gasteiger partial charge in [0, 0.05) is 35.8 Å². The van der Waals surface area contributed by atoms with Crippen LogP contribution in [0.5, 0.6) is 0 Å². The molecule has 1 unspecified atom stereocenters. The van der Waals surface area contributed by atoms with Gasteiger partial charge in [0.1, 0.15) is 0 Å². The molecule has 4 nitrogen and oxygen atoms in total. The van der Waals surface area contributed by atoms with Gasteiger partial charge in [-0.3, -0.25) is 4.68 Å². The van der Waals surface area contributed by atoms with Crippen molar-refractivity contribution in [1.29, 1.82) is 0 Å². The summed E-state index contributed by atoms with van der Waals surface area (Å²) in [4.78, 5) is 4.35. The van der Waals surface area contributed by atoms with Crippen molar-refractivity contribution in [1.82, 2.24) is 14.8 Å². The van der Waals surface area contributed by atoms with Gasteiger partial charge >= 0.3 is 0 Å². The molecule has 0 aromatic carbocycles. The number of aryl methyl sites for hydroxylation is 2. The van der Waals surface area contributed by atoms with Gasteiger partial charge in [-0.25, -0.2) is 4.98 Å². The van der Waals surface area contributed by atoms with Crippen molar-refractivity contribution in [2.45, 2.75) is 39.3 Å². The molecule has 5 heteroatoms. The third-order valence-electron chi connectivity index (χ3n) is 2.53. The van der Waals surface area contributed by atoms with Crippen LogP contribution in [0.2, 0.25) is 0 Å². The Balaban J connectivity index is 2.01. The lowest BCUT2D eigenvalue weighted by Gasteiger charge is -2.05. The maximum absolute atomic E-state index is 10.1. The largest absolute Gasteiger partial charge is 0.388 e. The van der Waals surface area contributed by atoms with E-state index in [0.717, 1.165) is 29.2 Å². The lowest BCUT2D eigenvalue weighted by Crippen LogP contribution is -2.01. The number of thiazole rings is 1. The molecule has 17 heavy (non-hydrogen) atoms. The average Bonchev–Trinajstić information content (AvgIpc) is 2.88. The zero-order valence-corrected chi connectivity index (χ0v) is 10.9. The van der Waals surface area contributed by atoms with Gasteiger partial charge in [0.05, 0.1) is 17.3 Å². The van der Waals surface area contributed by atoms with Crippen LogP contribution in [0, 0.1) is 6.92 Å². The Morgan fingerprint density at radius 3 is 3.00 bits per heavy atom. The van der Waals surface area contributed by atoms with Crippen molar-refractivity contribution in [3.8, 4) is 0 Å². The second-order valence-electron chi connectivity index (χ2n) is 4.14. The molecule has 0 radical (unpaired) electrons. The fourth-order valence-corrected chi connectivity index (χ4v) is 2.49. The van der Waals surface area contributed by atoms with Gasteiger partial charge < -0.3 is 5.11 Å². The molecule has 0 aliphatic carbocycles. The highest BCUT2D eigenvalue weighted by molar-refractivity contribution is 7.09. The van der Waals surface area contributed by atoms with Crippen molar-refractivity contribution >= 4 is 11.3 Å². The predicted molar refractivity (Wildman–Crippen MR) is 68.0 cm³/mol. The third kappa shape index (κ3) is 3.14. The van der Waals surface area contributed by atoms with Gasteiger partial charge in [0.15, 0.2) is 0 Å². The molecule has 0 saturated carbocycles. The van der Waals surface area contributed by atoms with Crippen molar-refractivity contribution in [3.05, 3.63) is 34.0 Å². The molecule has 2 heterocycles. The first-order valence-electron chi connectivity index (χ1n) is 5.80. The van der Waals surface area contributed by atoms with Gasteiger partial charge in [0.2, 0.25) is 0 Å². The Bertz CT molecular complexity index is 478. The third-order valence-corrected chi connectivity index (χ3v) is 3.51. The van der Waals surface area contributed by atoms with Crippen LogP contribution in [0.25, 0.3) is 0 Å². The van der Waals surface area contributed by atoms with Gasteiger partial charge in [-0.05, 0) is 13.3 Å². The summed E-state index contributed by atoms with van der Waals surface area (Å²) >= 11 is 1.59. The molecule has 0 aliphatic heterocycles. The standard InChI is InChI=1S/C12H17N3OS/c1-3-4-15-7-10(6-13-15)11(16)5-12-14-9(2)8-17-12/h6-8,11,16H,3-5H2,1-2H3. The number of aromatic nitrogens is 3. The van der Waals surface area contributed by atoms with Gasteiger partial charge in [-0.1, -0.05) is 6.92 Å². The van der Waals surface area contributed by atoms with Crippen molar-refractivity contribution in [2.24, 2.45) is 0 Å². The van der Waals surface area contributed by atoms with E-state index in [9.17, 15) is 5.11 Å². The molecule has 0 fully saturated rings. The molecule has 1 atom stereocenters. The average molecular weight is 251 g/mol. The molecule has 0 aliphatic rings. The summed E-state index contributed by atoms with van der Waals surface area (Å²) in [6.07, 6.45) is 4.75. The fourth-order valence-electron chi connectivity index (χ4n) is 1.68. The molecule has 2 aromatic heterocycles. The Kier molecular flexibility index (Phi) is 3.91. The first-order chi connectivity index (χ1) is 8.19. The maximum atomic E-state index is 10.1. The topological polar surface area (TPSA) is 50.9 Å². The van der Waals surface area contributed by atoms with Crippen molar-refractivity contribution in [3.63, 3.8) is 0 Å². The highest BCUT2D eigenvalue weighted by Gasteiger charge is 2.12. The van der Waals surface area contributed by atoms with Crippen LogP contribution in [0.1, 0.15) is 35.7 Å². The van der Waals surface area contributed by atoms with E-state index < -0.39 is 6.10 Å². The molecule has 2 aromatic rings. The summed E-state index contributed by atoms with van der Waals surface area (Å²) in [6, 6.07) is 0. The molecule has 1 N–H and O–H groups in total. The number of hydrogen-bond donors (Lipinski definition) is 1. The summed E-state index contributed by atoms with van der Waals surface area (Å²) in [5, 5.41) is 17.3. The summed E-state index contributed by atoms with van der Waals surface area (Å²) in [5.41, 5.74) is 1.88. The van der Waals surface area contributed by atoms with Crippen molar-refractivity contribution < 1.29 is 5.11 Å². The highest BCUT2D eigenvalue weighted by Crippen LogP contribution is 2.20. The Morgan fingerprint density at radius 1 is 1.53 bits per heavy atom. The zero-order chi connectivity index (χ0) is 12.3. The van der Waals surface area contributed by atoms with E-state index in [1.165, 1.54) is 0 Å². The molecular weight excluding hydrogens is 234 g/mol. The van der Waals surface area contributed by atoms with E-state index in [0.29, 0.717) is 6.42 Å². The van der Waals surface area contributed by atoms with Crippen LogP contribution < -0.4 is 0 Å². The second kappa shape index (κ2) is 5.42. The molecule has 0 spiro atoms. The smallest absolute Gasteiger partial charge is 0.0957 e. The summed E-state index contributed by atoms with van der Waals surface area (Å²) < 4.78 is 1.87. The lowest BCUT2D eigenvalue weighted by atomic mass is 10.1. The number of rotatable bonds is 5. The minimum absolute atomic E-state index is 0.508. The van der Waals surface area contributed by atoms with Crippen LogP contribution in [-0.2, 0) is 13.0 Å². The van der Waals surface area contributed by atoms with Crippen LogP contribution >= 0.6 is 11.3 Å². The van der Waals surface area contributed by atoms with Gasteiger partial charge in [0.25, 0.3) is 0 Å². The van der Waals surface area contributed by atoms with Crippen LogP contribution in [0.4, 0.5) is 0 Å². The molecular formula is C12H17N3OS. The van der Waals surface area contributed by atoms with Crippen LogP contribution in [0.3, 0.4) is 0 Å². The van der Waals surface area contributed by atoms with Crippen LogP contribution in [-0.4, -0.2) is 19.9 Å². The fraction of sp³-hybridized carbons (Fsp3) is 0.500. The summed E-state index contributed by atoms with van der Waals surface area (Å²) in [6.45, 7) is 4.96. The number of hydrogen-bond acceptors (Lipinski definition) is 4. The first kappa shape index (κ1) is 12.3. The quantitative estimate of drug-likeness (QED) is 0.887.